The normalized spacial score (nSPS) is 18.5. The minimum Gasteiger partial charge on any atom is -0.342 e. The molecule has 1 heterocycles. The van der Waals surface area contributed by atoms with E-state index in [2.05, 4.69) is 6.92 Å². The van der Waals surface area contributed by atoms with Crippen LogP contribution in [0.3, 0.4) is 0 Å². The van der Waals surface area contributed by atoms with Crippen molar-refractivity contribution in [1.82, 2.24) is 4.90 Å². The fourth-order valence-electron chi connectivity index (χ4n) is 3.04. The third kappa shape index (κ3) is 5.19. The zero-order valence-electron chi connectivity index (χ0n) is 14.2. The van der Waals surface area contributed by atoms with Gasteiger partial charge in [0.05, 0.1) is 11.9 Å². The minimum atomic E-state index is -3.48. The van der Waals surface area contributed by atoms with E-state index in [0.29, 0.717) is 24.4 Å². The fraction of sp³-hybridized carbons (Fsp3) is 0.588. The van der Waals surface area contributed by atoms with Crippen LogP contribution in [0.2, 0.25) is 0 Å². The van der Waals surface area contributed by atoms with Crippen molar-refractivity contribution in [2.75, 3.05) is 30.2 Å². The van der Waals surface area contributed by atoms with Gasteiger partial charge < -0.3 is 4.90 Å². The van der Waals surface area contributed by atoms with E-state index in [1.165, 1.54) is 28.6 Å². The molecule has 2 rings (SSSR count). The maximum Gasteiger partial charge on any atom is 0.232 e. The molecule has 7 heteroatoms. The summed E-state index contributed by atoms with van der Waals surface area (Å²) in [5.74, 6) is 0.185. The highest BCUT2D eigenvalue weighted by molar-refractivity contribution is 7.92. The van der Waals surface area contributed by atoms with E-state index in [-0.39, 0.29) is 12.5 Å². The first-order chi connectivity index (χ1) is 11.3. The van der Waals surface area contributed by atoms with Crippen LogP contribution in [0.1, 0.15) is 32.6 Å². The van der Waals surface area contributed by atoms with E-state index in [1.54, 1.807) is 0 Å². The number of likely N-dealkylation sites (tertiary alicyclic amines) is 1. The minimum absolute atomic E-state index is 0.0779. The molecule has 24 heavy (non-hydrogen) atoms. The Hall–Kier alpha value is -1.63. The molecular formula is C17H25FN2O3S. The molecule has 134 valence electrons. The lowest BCUT2D eigenvalue weighted by Crippen LogP contribution is -2.39. The number of sulfonamides is 1. The van der Waals surface area contributed by atoms with E-state index in [4.69, 9.17) is 0 Å². The molecule has 1 amide bonds. The highest BCUT2D eigenvalue weighted by atomic mass is 32.2. The molecule has 0 radical (unpaired) electrons. The Morgan fingerprint density at radius 3 is 2.58 bits per heavy atom. The quantitative estimate of drug-likeness (QED) is 0.787. The van der Waals surface area contributed by atoms with Crippen LogP contribution in [0, 0.1) is 11.7 Å². The maximum atomic E-state index is 13.0. The smallest absolute Gasteiger partial charge is 0.232 e. The topological polar surface area (TPSA) is 57.7 Å². The van der Waals surface area contributed by atoms with Crippen LogP contribution in [0.25, 0.3) is 0 Å². The third-order valence-electron chi connectivity index (χ3n) is 4.28. The van der Waals surface area contributed by atoms with Gasteiger partial charge in [-0.15, -0.1) is 0 Å². The van der Waals surface area contributed by atoms with Gasteiger partial charge in [-0.2, -0.15) is 0 Å². The zero-order valence-corrected chi connectivity index (χ0v) is 15.1. The summed E-state index contributed by atoms with van der Waals surface area (Å²) in [6.07, 6.45) is 4.05. The summed E-state index contributed by atoms with van der Waals surface area (Å²) in [6, 6.07) is 5.33. The average molecular weight is 356 g/mol. The number of amides is 1. The summed E-state index contributed by atoms with van der Waals surface area (Å²) in [4.78, 5) is 14.1. The van der Waals surface area contributed by atoms with Crippen molar-refractivity contribution in [1.29, 1.82) is 0 Å². The number of carbonyl (C=O) groups is 1. The second-order valence-corrected chi connectivity index (χ2v) is 8.41. The number of hydrogen-bond acceptors (Lipinski definition) is 3. The van der Waals surface area contributed by atoms with Crippen molar-refractivity contribution >= 4 is 21.6 Å². The highest BCUT2D eigenvalue weighted by Crippen LogP contribution is 2.20. The molecule has 0 aromatic heterocycles. The lowest BCUT2D eigenvalue weighted by atomic mass is 10.00. The lowest BCUT2D eigenvalue weighted by molar-refractivity contribution is -0.132. The van der Waals surface area contributed by atoms with Gasteiger partial charge in [0.15, 0.2) is 0 Å². The van der Waals surface area contributed by atoms with Crippen LogP contribution >= 0.6 is 0 Å². The average Bonchev–Trinajstić information content (AvgIpc) is 2.51. The van der Waals surface area contributed by atoms with Gasteiger partial charge in [0, 0.05) is 26.1 Å². The van der Waals surface area contributed by atoms with Gasteiger partial charge in [0.25, 0.3) is 0 Å². The largest absolute Gasteiger partial charge is 0.342 e. The Morgan fingerprint density at radius 2 is 2.00 bits per heavy atom. The molecule has 1 aliphatic rings. The van der Waals surface area contributed by atoms with Crippen molar-refractivity contribution in [2.45, 2.75) is 32.6 Å². The predicted molar refractivity (Wildman–Crippen MR) is 92.8 cm³/mol. The first kappa shape index (κ1) is 18.7. The van der Waals surface area contributed by atoms with Crippen LogP contribution < -0.4 is 4.31 Å². The summed E-state index contributed by atoms with van der Waals surface area (Å²) in [5.41, 5.74) is 0.415. The summed E-state index contributed by atoms with van der Waals surface area (Å²) < 4.78 is 38.2. The van der Waals surface area contributed by atoms with E-state index < -0.39 is 15.8 Å². The van der Waals surface area contributed by atoms with Crippen LogP contribution in [0.5, 0.6) is 0 Å². The van der Waals surface area contributed by atoms with Crippen LogP contribution in [0.15, 0.2) is 24.3 Å². The number of piperidine rings is 1. The molecule has 0 aliphatic carbocycles. The standard InChI is InChI=1S/C17H25FN2O3S/c1-14-5-3-11-19(13-14)17(21)6-4-12-20(24(2,22)23)16-9-7-15(18)8-10-16/h7-10,14H,3-6,11-13H2,1-2H3. The van der Waals surface area contributed by atoms with Crippen LogP contribution in [0.4, 0.5) is 10.1 Å². The van der Waals surface area contributed by atoms with Crippen LogP contribution in [-0.2, 0) is 14.8 Å². The van der Waals surface area contributed by atoms with Gasteiger partial charge in [-0.05, 0) is 49.4 Å². The summed E-state index contributed by atoms with van der Waals surface area (Å²) in [5, 5.41) is 0. The van der Waals surface area contributed by atoms with Gasteiger partial charge in [0.2, 0.25) is 15.9 Å². The molecule has 0 saturated carbocycles. The number of benzene rings is 1. The number of rotatable bonds is 6. The molecule has 1 fully saturated rings. The molecule has 1 unspecified atom stereocenters. The van der Waals surface area contributed by atoms with Gasteiger partial charge >= 0.3 is 0 Å². The van der Waals surface area contributed by atoms with E-state index >= 15 is 0 Å². The number of anilines is 1. The van der Waals surface area contributed by atoms with Crippen molar-refractivity contribution in [3.63, 3.8) is 0 Å². The number of nitrogens with zero attached hydrogens (tertiary/aromatic N) is 2. The van der Waals surface area contributed by atoms with Gasteiger partial charge in [-0.25, -0.2) is 12.8 Å². The number of hydrogen-bond donors (Lipinski definition) is 0. The molecule has 0 spiro atoms. The molecular weight excluding hydrogens is 331 g/mol. The Kier molecular flexibility index (Phi) is 6.21. The van der Waals surface area contributed by atoms with Gasteiger partial charge in [0.1, 0.15) is 5.82 Å². The Labute approximate surface area is 143 Å². The Morgan fingerprint density at radius 1 is 1.33 bits per heavy atom. The van der Waals surface area contributed by atoms with Crippen molar-refractivity contribution in [3.05, 3.63) is 30.1 Å². The second-order valence-electron chi connectivity index (χ2n) is 6.50. The lowest BCUT2D eigenvalue weighted by Gasteiger charge is -2.31. The molecule has 1 aromatic rings. The number of halogens is 1. The maximum absolute atomic E-state index is 13.0. The Bertz CT molecular complexity index is 661. The fourth-order valence-corrected chi connectivity index (χ4v) is 4.01. The van der Waals surface area contributed by atoms with Crippen molar-refractivity contribution in [3.8, 4) is 0 Å². The van der Waals surface area contributed by atoms with Gasteiger partial charge in [-0.3, -0.25) is 9.10 Å². The predicted octanol–water partition coefficient (Wildman–Crippen LogP) is 2.63. The second kappa shape index (κ2) is 7.96. The molecule has 1 aromatic carbocycles. The van der Waals surface area contributed by atoms with E-state index in [9.17, 15) is 17.6 Å². The Balaban J connectivity index is 1.94. The summed E-state index contributed by atoms with van der Waals surface area (Å²) in [7, 11) is -3.48. The summed E-state index contributed by atoms with van der Waals surface area (Å²) >= 11 is 0. The zero-order chi connectivity index (χ0) is 17.7. The molecule has 1 atom stereocenters. The molecule has 1 aliphatic heterocycles. The first-order valence-corrected chi connectivity index (χ1v) is 10.1. The summed E-state index contributed by atoms with van der Waals surface area (Å²) in [6.45, 7) is 3.92. The molecule has 1 saturated heterocycles. The monoisotopic (exact) mass is 356 g/mol. The van der Waals surface area contributed by atoms with Crippen LogP contribution in [-0.4, -0.2) is 45.1 Å². The van der Waals surface area contributed by atoms with Crippen molar-refractivity contribution in [2.24, 2.45) is 5.92 Å². The van der Waals surface area contributed by atoms with E-state index in [0.717, 1.165) is 32.2 Å². The van der Waals surface area contributed by atoms with Gasteiger partial charge in [-0.1, -0.05) is 6.92 Å². The van der Waals surface area contributed by atoms with Crippen molar-refractivity contribution < 1.29 is 17.6 Å². The SMILES string of the molecule is CC1CCCN(C(=O)CCCN(c2ccc(F)cc2)S(C)(=O)=O)C1. The first-order valence-electron chi connectivity index (χ1n) is 8.28. The van der Waals surface area contributed by atoms with E-state index in [1.807, 2.05) is 4.90 Å². The molecule has 0 N–H and O–H groups in total. The highest BCUT2D eigenvalue weighted by Gasteiger charge is 2.22. The molecule has 0 bridgehead atoms. The molecule has 5 nitrogen and oxygen atoms in total. The third-order valence-corrected chi connectivity index (χ3v) is 5.47. The number of carbonyl (C=O) groups excluding carboxylic acids is 1.